The highest BCUT2D eigenvalue weighted by Gasteiger charge is 2.22. The molecule has 3 N–H and O–H groups in total. The molecule has 0 spiro atoms. The molecule has 18 heavy (non-hydrogen) atoms. The van der Waals surface area contributed by atoms with E-state index in [-0.39, 0.29) is 18.4 Å². The fraction of sp³-hybridized carbons (Fsp3) is 0.727. The summed E-state index contributed by atoms with van der Waals surface area (Å²) in [6.07, 6.45) is 3.06. The van der Waals surface area contributed by atoms with Gasteiger partial charge in [-0.3, -0.25) is 9.59 Å². The van der Waals surface area contributed by atoms with Gasteiger partial charge in [-0.05, 0) is 19.3 Å². The van der Waals surface area contributed by atoms with E-state index in [2.05, 4.69) is 15.4 Å². The summed E-state index contributed by atoms with van der Waals surface area (Å²) in [6.45, 7) is -0.384. The first-order valence-electron chi connectivity index (χ1n) is 5.93. The highest BCUT2D eigenvalue weighted by molar-refractivity contribution is 5.78. The maximum atomic E-state index is 11.3. The van der Waals surface area contributed by atoms with Crippen molar-refractivity contribution in [3.63, 3.8) is 0 Å². The van der Waals surface area contributed by atoms with Crippen molar-refractivity contribution in [1.82, 2.24) is 10.6 Å². The zero-order chi connectivity index (χ0) is 13.4. The van der Waals surface area contributed by atoms with Crippen molar-refractivity contribution in [3.8, 4) is 0 Å². The van der Waals surface area contributed by atoms with Crippen LogP contribution in [0.4, 0.5) is 0 Å². The van der Waals surface area contributed by atoms with Gasteiger partial charge in [-0.1, -0.05) is 0 Å². The molecule has 0 aromatic heterocycles. The van der Waals surface area contributed by atoms with E-state index >= 15 is 0 Å². The molecule has 0 bridgehead atoms. The molecule has 2 amide bonds. The Labute approximate surface area is 105 Å². The van der Waals surface area contributed by atoms with Gasteiger partial charge in [0.2, 0.25) is 11.8 Å². The van der Waals surface area contributed by atoms with Crippen molar-refractivity contribution in [1.29, 1.82) is 0 Å². The lowest BCUT2D eigenvalue weighted by Gasteiger charge is -2.05. The molecule has 0 aromatic rings. The van der Waals surface area contributed by atoms with E-state index in [1.165, 1.54) is 0 Å². The van der Waals surface area contributed by atoms with Crippen LogP contribution in [0.3, 0.4) is 0 Å². The molecule has 1 aliphatic rings. The largest absolute Gasteiger partial charge is 0.480 e. The van der Waals surface area contributed by atoms with Crippen LogP contribution in [0.25, 0.3) is 0 Å². The topological polar surface area (TPSA) is 105 Å². The first kappa shape index (κ1) is 14.4. The van der Waals surface area contributed by atoms with Gasteiger partial charge in [0.25, 0.3) is 0 Å². The minimum Gasteiger partial charge on any atom is -0.480 e. The zero-order valence-electron chi connectivity index (χ0n) is 10.1. The predicted octanol–water partition coefficient (Wildman–Crippen LogP) is -0.737. The van der Waals surface area contributed by atoms with Gasteiger partial charge in [0.05, 0.1) is 0 Å². The van der Waals surface area contributed by atoms with E-state index < -0.39 is 12.6 Å². The molecule has 0 unspecified atom stereocenters. The minimum atomic E-state index is -1.11. The average molecular weight is 258 g/mol. The predicted molar refractivity (Wildman–Crippen MR) is 61.9 cm³/mol. The highest BCUT2D eigenvalue weighted by atomic mass is 16.5. The van der Waals surface area contributed by atoms with Gasteiger partial charge in [-0.25, -0.2) is 4.79 Å². The number of nitrogens with one attached hydrogen (secondary N) is 2. The van der Waals surface area contributed by atoms with Crippen molar-refractivity contribution in [2.75, 3.05) is 19.8 Å². The lowest BCUT2D eigenvalue weighted by atomic mass is 10.3. The van der Waals surface area contributed by atoms with Gasteiger partial charge in [-0.15, -0.1) is 0 Å². The lowest BCUT2D eigenvalue weighted by molar-refractivity contribution is -0.143. The molecular formula is C11H18N2O5. The summed E-state index contributed by atoms with van der Waals surface area (Å²) < 4.78 is 4.61. The average Bonchev–Trinajstić information content (AvgIpc) is 3.08. The summed E-state index contributed by atoms with van der Waals surface area (Å²) in [7, 11) is 0. The molecule has 0 radical (unpaired) electrons. The molecule has 0 aromatic carbocycles. The van der Waals surface area contributed by atoms with Gasteiger partial charge in [0.15, 0.2) is 0 Å². The van der Waals surface area contributed by atoms with Crippen molar-refractivity contribution in [2.45, 2.75) is 31.7 Å². The van der Waals surface area contributed by atoms with Crippen LogP contribution in [0.5, 0.6) is 0 Å². The van der Waals surface area contributed by atoms with Crippen LogP contribution in [0.2, 0.25) is 0 Å². The van der Waals surface area contributed by atoms with E-state index in [1.807, 2.05) is 0 Å². The lowest BCUT2D eigenvalue weighted by Crippen LogP contribution is -2.31. The summed E-state index contributed by atoms with van der Waals surface area (Å²) in [4.78, 5) is 32.5. The van der Waals surface area contributed by atoms with E-state index in [1.54, 1.807) is 0 Å². The van der Waals surface area contributed by atoms with Crippen molar-refractivity contribution in [2.24, 2.45) is 0 Å². The summed E-state index contributed by atoms with van der Waals surface area (Å²) in [6, 6.07) is 0.358. The maximum absolute atomic E-state index is 11.3. The normalized spacial score (nSPS) is 14.0. The van der Waals surface area contributed by atoms with Crippen LogP contribution in [0.15, 0.2) is 0 Å². The Hall–Kier alpha value is -1.63. The Bertz CT molecular complexity index is 315. The maximum Gasteiger partial charge on any atom is 0.329 e. The summed E-state index contributed by atoms with van der Waals surface area (Å²) in [5, 5.41) is 13.7. The molecule has 7 nitrogen and oxygen atoms in total. The van der Waals surface area contributed by atoms with Crippen molar-refractivity contribution >= 4 is 17.8 Å². The second kappa shape index (κ2) is 7.65. The zero-order valence-corrected chi connectivity index (χ0v) is 10.1. The van der Waals surface area contributed by atoms with Crippen molar-refractivity contribution in [3.05, 3.63) is 0 Å². The molecule has 1 aliphatic carbocycles. The van der Waals surface area contributed by atoms with E-state index in [4.69, 9.17) is 5.11 Å². The molecule has 0 atom stereocenters. The monoisotopic (exact) mass is 258 g/mol. The first-order chi connectivity index (χ1) is 8.58. The van der Waals surface area contributed by atoms with Crippen LogP contribution in [0.1, 0.15) is 25.7 Å². The molecule has 0 aliphatic heterocycles. The molecular weight excluding hydrogens is 240 g/mol. The van der Waals surface area contributed by atoms with E-state index in [0.717, 1.165) is 12.8 Å². The van der Waals surface area contributed by atoms with Gasteiger partial charge < -0.3 is 20.5 Å². The quantitative estimate of drug-likeness (QED) is 0.473. The number of hydrogen-bond donors (Lipinski definition) is 3. The van der Waals surface area contributed by atoms with Crippen LogP contribution in [-0.2, 0) is 19.1 Å². The molecule has 0 heterocycles. The smallest absolute Gasteiger partial charge is 0.329 e. The van der Waals surface area contributed by atoms with Crippen LogP contribution in [-0.4, -0.2) is 48.7 Å². The third-order valence-electron chi connectivity index (χ3n) is 2.30. The Morgan fingerprint density at radius 2 is 1.89 bits per heavy atom. The Balaban J connectivity index is 1.91. The molecule has 7 heteroatoms. The fourth-order valence-electron chi connectivity index (χ4n) is 1.29. The fourth-order valence-corrected chi connectivity index (χ4v) is 1.29. The van der Waals surface area contributed by atoms with E-state index in [9.17, 15) is 14.4 Å². The van der Waals surface area contributed by atoms with E-state index in [0.29, 0.717) is 25.4 Å². The summed E-state index contributed by atoms with van der Waals surface area (Å²) in [5.74, 6) is -1.48. The van der Waals surface area contributed by atoms with Gasteiger partial charge >= 0.3 is 5.97 Å². The number of ether oxygens (including phenoxy) is 1. The third-order valence-corrected chi connectivity index (χ3v) is 2.30. The second-order valence-electron chi connectivity index (χ2n) is 4.18. The second-order valence-corrected chi connectivity index (χ2v) is 4.18. The Morgan fingerprint density at radius 3 is 2.50 bits per heavy atom. The van der Waals surface area contributed by atoms with Crippen LogP contribution in [0, 0.1) is 0 Å². The number of hydrogen-bond acceptors (Lipinski definition) is 4. The van der Waals surface area contributed by atoms with Crippen molar-refractivity contribution < 1.29 is 24.2 Å². The number of amides is 2. The molecule has 1 rings (SSSR count). The summed E-state index contributed by atoms with van der Waals surface area (Å²) in [5.41, 5.74) is 0. The number of rotatable bonds is 9. The van der Waals surface area contributed by atoms with Gasteiger partial charge in [0, 0.05) is 19.0 Å². The number of carboxylic acids is 1. The Morgan fingerprint density at radius 1 is 1.17 bits per heavy atom. The number of carboxylic acid groups (broad SMARTS) is 1. The highest BCUT2D eigenvalue weighted by Crippen LogP contribution is 2.18. The van der Waals surface area contributed by atoms with Crippen LogP contribution < -0.4 is 10.6 Å². The first-order valence-corrected chi connectivity index (χ1v) is 5.93. The number of carbonyl (C=O) groups is 3. The van der Waals surface area contributed by atoms with Crippen LogP contribution >= 0.6 is 0 Å². The molecule has 1 saturated carbocycles. The van der Waals surface area contributed by atoms with Gasteiger partial charge in [-0.2, -0.15) is 0 Å². The SMILES string of the molecule is O=C(O)COCC(=O)NCCCC(=O)NC1CC1. The third kappa shape index (κ3) is 7.61. The number of aliphatic carboxylic acids is 1. The minimum absolute atomic E-state index is 0.00822. The molecule has 1 fully saturated rings. The Kier molecular flexibility index (Phi) is 6.13. The number of carbonyl (C=O) groups excluding carboxylic acids is 2. The molecule has 0 saturated heterocycles. The molecule has 102 valence electrons. The summed E-state index contributed by atoms with van der Waals surface area (Å²) >= 11 is 0. The standard InChI is InChI=1S/C11H18N2O5/c14-9(13-8-3-4-8)2-1-5-12-10(15)6-18-7-11(16)17/h8H,1-7H2,(H,12,15)(H,13,14)(H,16,17). The van der Waals surface area contributed by atoms with Gasteiger partial charge in [0.1, 0.15) is 13.2 Å².